The van der Waals surface area contributed by atoms with Crippen molar-refractivity contribution in [3.63, 3.8) is 0 Å². The van der Waals surface area contributed by atoms with Gasteiger partial charge < -0.3 is 9.84 Å². The molecule has 8 heteroatoms. The minimum atomic E-state index is -3.98. The summed E-state index contributed by atoms with van der Waals surface area (Å²) in [4.78, 5) is 0.0389. The Morgan fingerprint density at radius 2 is 1.72 bits per heavy atom. The van der Waals surface area contributed by atoms with E-state index in [1.54, 1.807) is 24.3 Å². The highest BCUT2D eigenvalue weighted by molar-refractivity contribution is 7.86. The fourth-order valence-corrected chi connectivity index (χ4v) is 4.80. The quantitative estimate of drug-likeness (QED) is 0.674. The molecule has 5 nitrogen and oxygen atoms in total. The first-order valence-corrected chi connectivity index (χ1v) is 11.1. The van der Waals surface area contributed by atoms with Gasteiger partial charge in [-0.15, -0.1) is 0 Å². The largest absolute Gasteiger partial charge is 0.387 e. The number of rotatable bonds is 6. The Kier molecular flexibility index (Phi) is 6.36. The zero-order chi connectivity index (χ0) is 21.3. The van der Waals surface area contributed by atoms with Gasteiger partial charge in [0.15, 0.2) is 0 Å². The fraction of sp³-hybridized carbons (Fsp3) is 0.429. The lowest BCUT2D eigenvalue weighted by Crippen LogP contribution is -2.45. The van der Waals surface area contributed by atoms with E-state index in [4.69, 9.17) is 20.5 Å². The van der Waals surface area contributed by atoms with Crippen LogP contribution in [0.25, 0.3) is 0 Å². The maximum atomic E-state index is 14.4. The molecule has 2 aromatic rings. The Hall–Kier alpha value is -1.51. The molecule has 1 saturated carbocycles. The predicted molar refractivity (Wildman–Crippen MR) is 108 cm³/mol. The van der Waals surface area contributed by atoms with Gasteiger partial charge in [0.05, 0.1) is 22.7 Å². The molecule has 1 N–H and O–H groups in total. The highest BCUT2D eigenvalue weighted by Crippen LogP contribution is 2.45. The smallest absolute Gasteiger partial charge is 0.297 e. The Morgan fingerprint density at radius 3 is 2.28 bits per heavy atom. The number of aliphatic hydroxyl groups is 1. The number of methoxy groups -OCH3 is 1. The molecule has 0 saturated heterocycles. The van der Waals surface area contributed by atoms with E-state index < -0.39 is 27.1 Å². The molecule has 0 aliphatic heterocycles. The van der Waals surface area contributed by atoms with Crippen LogP contribution in [0.15, 0.2) is 47.4 Å². The van der Waals surface area contributed by atoms with Crippen molar-refractivity contribution in [1.29, 1.82) is 0 Å². The van der Waals surface area contributed by atoms with Crippen molar-refractivity contribution in [2.24, 2.45) is 0 Å². The number of hydrogen-bond donors (Lipinski definition) is 1. The van der Waals surface area contributed by atoms with E-state index in [9.17, 15) is 17.9 Å². The van der Waals surface area contributed by atoms with Gasteiger partial charge in [0.2, 0.25) is 0 Å². The van der Waals surface area contributed by atoms with Crippen LogP contribution in [-0.4, -0.2) is 32.8 Å². The Labute approximate surface area is 175 Å². The van der Waals surface area contributed by atoms with E-state index in [1.807, 2.05) is 6.92 Å². The highest BCUT2D eigenvalue weighted by Gasteiger charge is 2.45. The molecule has 0 heterocycles. The number of ether oxygens (including phenoxy) is 1. The molecule has 0 amide bonds. The molecular formula is C21H24ClFO5S. The van der Waals surface area contributed by atoms with Crippen molar-refractivity contribution in [3.8, 4) is 0 Å². The summed E-state index contributed by atoms with van der Waals surface area (Å²) in [5.74, 6) is -0.469. The summed E-state index contributed by atoms with van der Waals surface area (Å²) in [6.07, 6.45) is 1.03. The van der Waals surface area contributed by atoms with Crippen LogP contribution in [-0.2, 0) is 24.6 Å². The normalized spacial score (nSPS) is 25.1. The zero-order valence-corrected chi connectivity index (χ0v) is 17.9. The molecule has 0 spiro atoms. The molecule has 3 rings (SSSR count). The summed E-state index contributed by atoms with van der Waals surface area (Å²) in [5, 5.41) is 11.1. The molecule has 0 atom stereocenters. The Balaban J connectivity index is 1.70. The minimum absolute atomic E-state index is 0.0389. The maximum Gasteiger partial charge on any atom is 0.297 e. The predicted octanol–water partition coefficient (Wildman–Crippen LogP) is 4.34. The standard InChI is InChI=1S/C21H24ClFO5S/c1-15-3-6-17(7-4-15)29(25,26)28-14-20(24)9-11-21(27-2,12-10-20)18-8-5-16(22)13-19(18)23/h3-8,13,24H,9-12,14H2,1-2H3. The lowest BCUT2D eigenvalue weighted by Gasteiger charge is -2.43. The highest BCUT2D eigenvalue weighted by atomic mass is 35.5. The van der Waals surface area contributed by atoms with Crippen molar-refractivity contribution >= 4 is 21.7 Å². The first-order chi connectivity index (χ1) is 13.6. The summed E-state index contributed by atoms with van der Waals surface area (Å²) in [6, 6.07) is 10.7. The Bertz CT molecular complexity index is 967. The third-order valence-corrected chi connectivity index (χ3v) is 7.11. The number of hydrogen-bond acceptors (Lipinski definition) is 5. The van der Waals surface area contributed by atoms with Crippen molar-refractivity contribution in [2.45, 2.75) is 48.7 Å². The Morgan fingerprint density at radius 1 is 1.10 bits per heavy atom. The van der Waals surface area contributed by atoms with Gasteiger partial charge in [-0.1, -0.05) is 35.4 Å². The van der Waals surface area contributed by atoms with Crippen LogP contribution in [0.5, 0.6) is 0 Å². The molecule has 1 aliphatic carbocycles. The fourth-order valence-electron chi connectivity index (χ4n) is 3.67. The van der Waals surface area contributed by atoms with E-state index in [1.165, 1.54) is 25.3 Å². The van der Waals surface area contributed by atoms with Crippen LogP contribution in [0.4, 0.5) is 4.39 Å². The van der Waals surface area contributed by atoms with Crippen LogP contribution < -0.4 is 0 Å². The maximum absolute atomic E-state index is 14.4. The molecule has 0 bridgehead atoms. The minimum Gasteiger partial charge on any atom is -0.387 e. The first-order valence-electron chi connectivity index (χ1n) is 9.28. The summed E-state index contributed by atoms with van der Waals surface area (Å²) in [5.41, 5.74) is -0.945. The first kappa shape index (κ1) is 22.2. The molecule has 1 aliphatic rings. The second-order valence-electron chi connectivity index (χ2n) is 7.58. The second-order valence-corrected chi connectivity index (χ2v) is 9.63. The van der Waals surface area contributed by atoms with Crippen molar-refractivity contribution < 1.29 is 26.8 Å². The van der Waals surface area contributed by atoms with E-state index >= 15 is 0 Å². The summed E-state index contributed by atoms with van der Waals surface area (Å²) in [6.45, 7) is 1.49. The topological polar surface area (TPSA) is 72.8 Å². The van der Waals surface area contributed by atoms with Crippen molar-refractivity contribution in [2.75, 3.05) is 13.7 Å². The van der Waals surface area contributed by atoms with Gasteiger partial charge in [-0.3, -0.25) is 4.18 Å². The SMILES string of the molecule is COC1(c2ccc(Cl)cc2F)CCC(O)(COS(=O)(=O)c2ccc(C)cc2)CC1. The molecule has 0 radical (unpaired) electrons. The molecule has 0 aromatic heterocycles. The van der Waals surface area contributed by atoms with Crippen LogP contribution in [0.2, 0.25) is 5.02 Å². The average Bonchev–Trinajstić information content (AvgIpc) is 2.68. The molecular weight excluding hydrogens is 419 g/mol. The summed E-state index contributed by atoms with van der Waals surface area (Å²) < 4.78 is 50.0. The average molecular weight is 443 g/mol. The van der Waals surface area contributed by atoms with E-state index in [0.29, 0.717) is 23.4 Å². The summed E-state index contributed by atoms with van der Waals surface area (Å²) in [7, 11) is -2.48. The van der Waals surface area contributed by atoms with Crippen LogP contribution in [0.1, 0.15) is 36.8 Å². The second kappa shape index (κ2) is 8.32. The van der Waals surface area contributed by atoms with E-state index in [-0.39, 0.29) is 24.3 Å². The number of halogens is 2. The third kappa shape index (κ3) is 4.81. The number of aryl methyl sites for hydroxylation is 1. The molecule has 0 unspecified atom stereocenters. The van der Waals surface area contributed by atoms with E-state index in [0.717, 1.165) is 5.56 Å². The van der Waals surface area contributed by atoms with Gasteiger partial charge in [-0.2, -0.15) is 8.42 Å². The lowest BCUT2D eigenvalue weighted by molar-refractivity contribution is -0.117. The van der Waals surface area contributed by atoms with Crippen molar-refractivity contribution in [1.82, 2.24) is 0 Å². The van der Waals surface area contributed by atoms with Gasteiger partial charge in [0.1, 0.15) is 5.82 Å². The molecule has 1 fully saturated rings. The van der Waals surface area contributed by atoms with E-state index in [2.05, 4.69) is 0 Å². The third-order valence-electron chi connectivity index (χ3n) is 5.59. The van der Waals surface area contributed by atoms with Gasteiger partial charge >= 0.3 is 0 Å². The van der Waals surface area contributed by atoms with Crippen LogP contribution in [0.3, 0.4) is 0 Å². The molecule has 2 aromatic carbocycles. The van der Waals surface area contributed by atoms with Gasteiger partial charge in [-0.05, 0) is 56.9 Å². The van der Waals surface area contributed by atoms with Gasteiger partial charge in [-0.25, -0.2) is 4.39 Å². The van der Waals surface area contributed by atoms with Gasteiger partial charge in [0.25, 0.3) is 10.1 Å². The number of benzene rings is 2. The monoisotopic (exact) mass is 442 g/mol. The van der Waals surface area contributed by atoms with Crippen molar-refractivity contribution in [3.05, 3.63) is 64.4 Å². The summed E-state index contributed by atoms with van der Waals surface area (Å²) >= 11 is 5.84. The molecule has 29 heavy (non-hydrogen) atoms. The van der Waals surface area contributed by atoms with Gasteiger partial charge in [0, 0.05) is 17.7 Å². The zero-order valence-electron chi connectivity index (χ0n) is 16.3. The van der Waals surface area contributed by atoms with Crippen LogP contribution >= 0.6 is 11.6 Å². The molecule has 158 valence electrons. The lowest BCUT2D eigenvalue weighted by atomic mass is 9.73. The van der Waals surface area contributed by atoms with Crippen LogP contribution in [0, 0.1) is 12.7 Å².